The normalized spacial score (nSPS) is 40.8. The molecule has 3 unspecified atom stereocenters. The van der Waals surface area contributed by atoms with Crippen molar-refractivity contribution in [2.24, 2.45) is 0 Å². The fourth-order valence-electron chi connectivity index (χ4n) is 2.04. The quantitative estimate of drug-likeness (QED) is 0.703. The van der Waals surface area contributed by atoms with Crippen molar-refractivity contribution >= 4 is 0 Å². The SMILES string of the molecule is CC1COC(CC2CCCCO2)N1. The van der Waals surface area contributed by atoms with Crippen molar-refractivity contribution in [3.63, 3.8) is 0 Å². The molecule has 2 aliphatic rings. The highest BCUT2D eigenvalue weighted by Gasteiger charge is 2.25. The molecule has 2 rings (SSSR count). The Balaban J connectivity index is 1.71. The molecule has 3 nitrogen and oxygen atoms in total. The monoisotopic (exact) mass is 185 g/mol. The fraction of sp³-hybridized carbons (Fsp3) is 1.00. The summed E-state index contributed by atoms with van der Waals surface area (Å²) in [7, 11) is 0. The minimum atomic E-state index is 0.234. The molecule has 3 heteroatoms. The van der Waals surface area contributed by atoms with E-state index >= 15 is 0 Å². The molecule has 2 fully saturated rings. The molecule has 0 aromatic heterocycles. The van der Waals surface area contributed by atoms with Crippen LogP contribution in [-0.2, 0) is 9.47 Å². The largest absolute Gasteiger partial charge is 0.378 e. The number of hydrogen-bond donors (Lipinski definition) is 1. The van der Waals surface area contributed by atoms with E-state index in [0.29, 0.717) is 12.1 Å². The third kappa shape index (κ3) is 2.66. The minimum Gasteiger partial charge on any atom is -0.378 e. The Hall–Kier alpha value is -0.120. The standard InChI is InChI=1S/C10H19NO2/c1-8-7-13-10(11-8)6-9-4-2-3-5-12-9/h8-11H,2-7H2,1H3. The van der Waals surface area contributed by atoms with Crippen molar-refractivity contribution < 1.29 is 9.47 Å². The lowest BCUT2D eigenvalue weighted by Gasteiger charge is -2.24. The van der Waals surface area contributed by atoms with E-state index in [1.54, 1.807) is 0 Å². The summed E-state index contributed by atoms with van der Waals surface area (Å²) in [4.78, 5) is 0. The molecule has 76 valence electrons. The summed E-state index contributed by atoms with van der Waals surface area (Å²) < 4.78 is 11.2. The van der Waals surface area contributed by atoms with Gasteiger partial charge in [0.25, 0.3) is 0 Å². The molecule has 2 aliphatic heterocycles. The fourth-order valence-corrected chi connectivity index (χ4v) is 2.04. The van der Waals surface area contributed by atoms with Crippen LogP contribution in [0.2, 0.25) is 0 Å². The van der Waals surface area contributed by atoms with Crippen LogP contribution in [0.4, 0.5) is 0 Å². The predicted octanol–water partition coefficient (Wildman–Crippen LogP) is 1.28. The molecule has 0 aromatic carbocycles. The van der Waals surface area contributed by atoms with Crippen molar-refractivity contribution in [2.45, 2.75) is 51.0 Å². The summed E-state index contributed by atoms with van der Waals surface area (Å²) >= 11 is 0. The van der Waals surface area contributed by atoms with Crippen molar-refractivity contribution in [3.05, 3.63) is 0 Å². The van der Waals surface area contributed by atoms with Gasteiger partial charge in [0.1, 0.15) is 6.23 Å². The van der Waals surface area contributed by atoms with Crippen LogP contribution in [0.5, 0.6) is 0 Å². The second-order valence-electron chi connectivity index (χ2n) is 4.11. The molecule has 0 bridgehead atoms. The van der Waals surface area contributed by atoms with Crippen LogP contribution in [0.15, 0.2) is 0 Å². The van der Waals surface area contributed by atoms with E-state index in [9.17, 15) is 0 Å². The maximum Gasteiger partial charge on any atom is 0.110 e. The van der Waals surface area contributed by atoms with Gasteiger partial charge in [-0.15, -0.1) is 0 Å². The Kier molecular flexibility index (Phi) is 3.19. The minimum absolute atomic E-state index is 0.234. The lowest BCUT2D eigenvalue weighted by atomic mass is 10.1. The maximum absolute atomic E-state index is 5.66. The van der Waals surface area contributed by atoms with Gasteiger partial charge in [-0.1, -0.05) is 0 Å². The van der Waals surface area contributed by atoms with E-state index in [-0.39, 0.29) is 6.23 Å². The third-order valence-corrected chi connectivity index (χ3v) is 2.77. The van der Waals surface area contributed by atoms with Gasteiger partial charge in [0.2, 0.25) is 0 Å². The molecule has 13 heavy (non-hydrogen) atoms. The molecule has 2 saturated heterocycles. The third-order valence-electron chi connectivity index (χ3n) is 2.77. The zero-order chi connectivity index (χ0) is 9.10. The number of nitrogens with one attached hydrogen (secondary N) is 1. The van der Waals surface area contributed by atoms with E-state index in [0.717, 1.165) is 19.6 Å². The summed E-state index contributed by atoms with van der Waals surface area (Å²) in [5.74, 6) is 0. The summed E-state index contributed by atoms with van der Waals surface area (Å²) in [6.07, 6.45) is 5.42. The molecular weight excluding hydrogens is 166 g/mol. The summed E-state index contributed by atoms with van der Waals surface area (Å²) in [6.45, 7) is 3.94. The predicted molar refractivity (Wildman–Crippen MR) is 50.5 cm³/mol. The summed E-state index contributed by atoms with van der Waals surface area (Å²) in [5.41, 5.74) is 0. The van der Waals surface area contributed by atoms with Gasteiger partial charge in [-0.25, -0.2) is 0 Å². The van der Waals surface area contributed by atoms with E-state index < -0.39 is 0 Å². The van der Waals surface area contributed by atoms with Crippen LogP contribution in [0, 0.1) is 0 Å². The molecule has 0 aliphatic carbocycles. The van der Waals surface area contributed by atoms with Gasteiger partial charge in [-0.2, -0.15) is 0 Å². The van der Waals surface area contributed by atoms with Crippen LogP contribution in [0.25, 0.3) is 0 Å². The lowest BCUT2D eigenvalue weighted by molar-refractivity contribution is -0.0247. The van der Waals surface area contributed by atoms with Gasteiger partial charge >= 0.3 is 0 Å². The molecule has 0 radical (unpaired) electrons. The van der Waals surface area contributed by atoms with Crippen LogP contribution in [-0.4, -0.2) is 31.6 Å². The first-order chi connectivity index (χ1) is 6.34. The van der Waals surface area contributed by atoms with E-state index in [2.05, 4.69) is 12.2 Å². The Morgan fingerprint density at radius 2 is 2.23 bits per heavy atom. The van der Waals surface area contributed by atoms with Gasteiger partial charge < -0.3 is 9.47 Å². The van der Waals surface area contributed by atoms with Crippen LogP contribution in [0.3, 0.4) is 0 Å². The van der Waals surface area contributed by atoms with Crippen molar-refractivity contribution in [3.8, 4) is 0 Å². The Morgan fingerprint density at radius 1 is 1.31 bits per heavy atom. The second kappa shape index (κ2) is 4.40. The first-order valence-corrected chi connectivity index (χ1v) is 5.34. The molecular formula is C10H19NO2. The Bertz CT molecular complexity index is 154. The number of hydrogen-bond acceptors (Lipinski definition) is 3. The van der Waals surface area contributed by atoms with Crippen molar-refractivity contribution in [1.82, 2.24) is 5.32 Å². The van der Waals surface area contributed by atoms with Gasteiger partial charge in [-0.05, 0) is 26.2 Å². The van der Waals surface area contributed by atoms with Gasteiger partial charge in [0.15, 0.2) is 0 Å². The summed E-state index contributed by atoms with van der Waals surface area (Å²) in [6, 6.07) is 0.508. The second-order valence-corrected chi connectivity index (χ2v) is 4.11. The van der Waals surface area contributed by atoms with E-state index in [4.69, 9.17) is 9.47 Å². The van der Waals surface area contributed by atoms with Crippen molar-refractivity contribution in [2.75, 3.05) is 13.2 Å². The Labute approximate surface area is 79.8 Å². The van der Waals surface area contributed by atoms with Crippen LogP contribution in [0.1, 0.15) is 32.6 Å². The zero-order valence-corrected chi connectivity index (χ0v) is 8.29. The van der Waals surface area contributed by atoms with Crippen LogP contribution < -0.4 is 5.32 Å². The number of rotatable bonds is 2. The molecule has 0 amide bonds. The highest BCUT2D eigenvalue weighted by Crippen LogP contribution is 2.19. The zero-order valence-electron chi connectivity index (χ0n) is 8.29. The topological polar surface area (TPSA) is 30.5 Å². The highest BCUT2D eigenvalue weighted by molar-refractivity contribution is 4.75. The van der Waals surface area contributed by atoms with E-state index in [1.165, 1.54) is 19.3 Å². The van der Waals surface area contributed by atoms with E-state index in [1.807, 2.05) is 0 Å². The average Bonchev–Trinajstić information content (AvgIpc) is 2.53. The molecule has 0 saturated carbocycles. The molecule has 3 atom stereocenters. The van der Waals surface area contributed by atoms with Gasteiger partial charge in [0.05, 0.1) is 12.7 Å². The molecule has 0 aromatic rings. The summed E-state index contributed by atoms with van der Waals surface area (Å²) in [5, 5.41) is 3.40. The van der Waals surface area contributed by atoms with Crippen molar-refractivity contribution in [1.29, 1.82) is 0 Å². The lowest BCUT2D eigenvalue weighted by Crippen LogP contribution is -2.33. The molecule has 0 spiro atoms. The maximum atomic E-state index is 5.66. The Morgan fingerprint density at radius 3 is 2.85 bits per heavy atom. The molecule has 1 N–H and O–H groups in total. The highest BCUT2D eigenvalue weighted by atomic mass is 16.5. The van der Waals surface area contributed by atoms with Gasteiger partial charge in [0, 0.05) is 19.1 Å². The number of ether oxygens (including phenoxy) is 2. The molecule has 2 heterocycles. The first kappa shape index (κ1) is 9.44. The van der Waals surface area contributed by atoms with Gasteiger partial charge in [-0.3, -0.25) is 5.32 Å². The smallest absolute Gasteiger partial charge is 0.110 e. The van der Waals surface area contributed by atoms with Crippen LogP contribution >= 0.6 is 0 Å². The average molecular weight is 185 g/mol. The first-order valence-electron chi connectivity index (χ1n) is 5.34.